The number of carbonyl (C=O) groups is 2. The molecule has 28 heavy (non-hydrogen) atoms. The lowest BCUT2D eigenvalue weighted by molar-refractivity contribution is -0.144. The zero-order valence-electron chi connectivity index (χ0n) is 16.6. The molecule has 1 aromatic rings. The average molecular weight is 413 g/mol. The predicted octanol–water partition coefficient (Wildman–Crippen LogP) is 0.220. The molecule has 1 heterocycles. The first-order chi connectivity index (χ1) is 13.2. The maximum atomic E-state index is 12.8. The van der Waals surface area contributed by atoms with Crippen molar-refractivity contribution in [1.82, 2.24) is 9.80 Å². The van der Waals surface area contributed by atoms with Crippen LogP contribution in [0.25, 0.3) is 0 Å². The molecule has 0 saturated carbocycles. The van der Waals surface area contributed by atoms with Gasteiger partial charge in [-0.2, -0.15) is 0 Å². The second kappa shape index (κ2) is 9.24. The lowest BCUT2D eigenvalue weighted by Gasteiger charge is -2.29. The van der Waals surface area contributed by atoms with Gasteiger partial charge in [-0.05, 0) is 32.6 Å². The monoisotopic (exact) mass is 413 g/mol. The second-order valence-electron chi connectivity index (χ2n) is 6.88. The van der Waals surface area contributed by atoms with Gasteiger partial charge in [0.15, 0.2) is 9.84 Å². The van der Waals surface area contributed by atoms with Crippen LogP contribution in [0.3, 0.4) is 0 Å². The van der Waals surface area contributed by atoms with Crippen LogP contribution in [0, 0.1) is 0 Å². The van der Waals surface area contributed by atoms with Gasteiger partial charge in [0.05, 0.1) is 31.4 Å². The molecule has 0 aliphatic carbocycles. The number of methoxy groups -OCH3 is 2. The number of benzene rings is 1. The summed E-state index contributed by atoms with van der Waals surface area (Å²) in [6, 6.07) is 4.30. The Kier molecular flexibility index (Phi) is 7.25. The molecule has 2 amide bonds. The number of hydrogen-bond acceptors (Lipinski definition) is 7. The molecule has 1 aliphatic rings. The van der Waals surface area contributed by atoms with Gasteiger partial charge in [0.2, 0.25) is 0 Å². The molecule has 9 nitrogen and oxygen atoms in total. The summed E-state index contributed by atoms with van der Waals surface area (Å²) >= 11 is 0. The maximum Gasteiger partial charge on any atom is 0.314 e. The maximum absolute atomic E-state index is 12.8. The first kappa shape index (κ1) is 22.0. The number of ether oxygens (including phenoxy) is 2. The van der Waals surface area contributed by atoms with Crippen molar-refractivity contribution in [2.24, 2.45) is 0 Å². The third-order valence-electron chi connectivity index (χ3n) is 4.55. The summed E-state index contributed by atoms with van der Waals surface area (Å²) in [5.74, 6) is -0.801. The van der Waals surface area contributed by atoms with Crippen LogP contribution in [0.1, 0.15) is 6.42 Å². The van der Waals surface area contributed by atoms with Crippen LogP contribution in [0.4, 0.5) is 5.69 Å². The smallest absolute Gasteiger partial charge is 0.314 e. The molecule has 0 bridgehead atoms. The first-order valence-corrected chi connectivity index (χ1v) is 10.7. The molecule has 1 N–H and O–H groups in total. The van der Waals surface area contributed by atoms with Gasteiger partial charge in [0.25, 0.3) is 0 Å². The number of hydrogen-bond donors (Lipinski definition) is 1. The molecular weight excluding hydrogens is 386 g/mol. The third-order valence-corrected chi connectivity index (χ3v) is 6.30. The van der Waals surface area contributed by atoms with Gasteiger partial charge in [-0.3, -0.25) is 9.59 Å². The standard InChI is InChI=1S/C18H27N3O6S/c1-20(2)8-9-21(13-7-10-28(24,25)12-13)18(23)17(22)19-15-6-5-14(26-3)11-16(15)27-4/h5-6,11,13H,7-10,12H2,1-4H3,(H,19,22). The number of nitrogens with zero attached hydrogens (tertiary/aromatic N) is 2. The zero-order valence-corrected chi connectivity index (χ0v) is 17.4. The van der Waals surface area contributed by atoms with E-state index in [0.29, 0.717) is 30.2 Å². The van der Waals surface area contributed by atoms with E-state index in [1.165, 1.54) is 19.1 Å². The minimum atomic E-state index is -3.19. The molecule has 1 aromatic carbocycles. The molecule has 10 heteroatoms. The second-order valence-corrected chi connectivity index (χ2v) is 9.11. The van der Waals surface area contributed by atoms with Crippen LogP contribution >= 0.6 is 0 Å². The van der Waals surface area contributed by atoms with Crippen molar-refractivity contribution in [2.45, 2.75) is 12.5 Å². The fourth-order valence-electron chi connectivity index (χ4n) is 2.99. The molecule has 0 spiro atoms. The minimum Gasteiger partial charge on any atom is -0.497 e. The van der Waals surface area contributed by atoms with E-state index in [0.717, 1.165) is 0 Å². The SMILES string of the molecule is COc1ccc(NC(=O)C(=O)N(CCN(C)C)C2CCS(=O)(=O)C2)c(OC)c1. The molecular formula is C18H27N3O6S. The van der Waals surface area contributed by atoms with Crippen molar-refractivity contribution in [2.75, 3.05) is 58.2 Å². The Bertz CT molecular complexity index is 825. The van der Waals surface area contributed by atoms with Crippen molar-refractivity contribution in [3.63, 3.8) is 0 Å². The molecule has 156 valence electrons. The normalized spacial score (nSPS) is 18.0. The molecule has 1 saturated heterocycles. The number of anilines is 1. The first-order valence-electron chi connectivity index (χ1n) is 8.86. The summed E-state index contributed by atoms with van der Waals surface area (Å²) < 4.78 is 34.0. The van der Waals surface area contributed by atoms with E-state index in [9.17, 15) is 18.0 Å². The van der Waals surface area contributed by atoms with E-state index < -0.39 is 27.7 Å². The van der Waals surface area contributed by atoms with Crippen LogP contribution in [0.2, 0.25) is 0 Å². The average Bonchev–Trinajstić information content (AvgIpc) is 3.01. The Morgan fingerprint density at radius 1 is 1.18 bits per heavy atom. The summed E-state index contributed by atoms with van der Waals surface area (Å²) in [5, 5.41) is 2.55. The highest BCUT2D eigenvalue weighted by Gasteiger charge is 2.36. The molecule has 1 fully saturated rings. The molecule has 1 unspecified atom stereocenters. The topological polar surface area (TPSA) is 105 Å². The van der Waals surface area contributed by atoms with Crippen LogP contribution in [-0.2, 0) is 19.4 Å². The Morgan fingerprint density at radius 3 is 2.43 bits per heavy atom. The Hall–Kier alpha value is -2.33. The number of rotatable bonds is 7. The Balaban J connectivity index is 2.17. The van der Waals surface area contributed by atoms with Gasteiger partial charge in [0.1, 0.15) is 11.5 Å². The van der Waals surface area contributed by atoms with Gasteiger partial charge >= 0.3 is 11.8 Å². The van der Waals surface area contributed by atoms with Gasteiger partial charge in [-0.1, -0.05) is 0 Å². The lowest BCUT2D eigenvalue weighted by Crippen LogP contribution is -2.48. The zero-order chi connectivity index (χ0) is 20.9. The van der Waals surface area contributed by atoms with Crippen molar-refractivity contribution in [3.05, 3.63) is 18.2 Å². The van der Waals surface area contributed by atoms with E-state index in [1.54, 1.807) is 18.2 Å². The van der Waals surface area contributed by atoms with Gasteiger partial charge in [-0.25, -0.2) is 8.42 Å². The Morgan fingerprint density at radius 2 is 1.89 bits per heavy atom. The largest absolute Gasteiger partial charge is 0.497 e. The van der Waals surface area contributed by atoms with Crippen LogP contribution in [0.5, 0.6) is 11.5 Å². The fraction of sp³-hybridized carbons (Fsp3) is 0.556. The molecule has 0 radical (unpaired) electrons. The predicted molar refractivity (Wildman–Crippen MR) is 106 cm³/mol. The van der Waals surface area contributed by atoms with E-state index in [4.69, 9.17) is 9.47 Å². The molecule has 2 rings (SSSR count). The Labute approximate surface area is 165 Å². The summed E-state index contributed by atoms with van der Waals surface area (Å²) in [5.41, 5.74) is 0.327. The fourth-order valence-corrected chi connectivity index (χ4v) is 4.72. The molecule has 0 aromatic heterocycles. The van der Waals surface area contributed by atoms with Gasteiger partial charge < -0.3 is 24.6 Å². The van der Waals surface area contributed by atoms with Crippen molar-refractivity contribution in [1.29, 1.82) is 0 Å². The van der Waals surface area contributed by atoms with Crippen LogP contribution in [-0.4, -0.2) is 89.0 Å². The number of likely N-dealkylation sites (N-methyl/N-ethyl adjacent to an activating group) is 1. The highest BCUT2D eigenvalue weighted by Crippen LogP contribution is 2.29. The van der Waals surface area contributed by atoms with E-state index >= 15 is 0 Å². The quantitative estimate of drug-likeness (QED) is 0.638. The minimum absolute atomic E-state index is 0.0251. The highest BCUT2D eigenvalue weighted by molar-refractivity contribution is 7.91. The summed E-state index contributed by atoms with van der Waals surface area (Å²) in [6.07, 6.45) is 0.334. The number of nitrogens with one attached hydrogen (secondary N) is 1. The summed E-state index contributed by atoms with van der Waals surface area (Å²) in [6.45, 7) is 0.778. The summed E-state index contributed by atoms with van der Waals surface area (Å²) in [4.78, 5) is 28.6. The van der Waals surface area contributed by atoms with E-state index in [-0.39, 0.29) is 18.1 Å². The molecule has 1 atom stereocenters. The number of sulfone groups is 1. The van der Waals surface area contributed by atoms with Crippen molar-refractivity contribution >= 4 is 27.3 Å². The van der Waals surface area contributed by atoms with Crippen LogP contribution in [0.15, 0.2) is 18.2 Å². The van der Waals surface area contributed by atoms with Gasteiger partial charge in [0, 0.05) is 25.2 Å². The summed E-state index contributed by atoms with van der Waals surface area (Å²) in [7, 11) is 3.45. The number of carbonyl (C=O) groups excluding carboxylic acids is 2. The highest BCUT2D eigenvalue weighted by atomic mass is 32.2. The third kappa shape index (κ3) is 5.59. The van der Waals surface area contributed by atoms with E-state index in [2.05, 4.69) is 5.32 Å². The van der Waals surface area contributed by atoms with Crippen molar-refractivity contribution in [3.8, 4) is 11.5 Å². The number of amides is 2. The lowest BCUT2D eigenvalue weighted by atomic mass is 10.2. The van der Waals surface area contributed by atoms with Crippen molar-refractivity contribution < 1.29 is 27.5 Å². The van der Waals surface area contributed by atoms with Crippen LogP contribution < -0.4 is 14.8 Å². The molecule has 1 aliphatic heterocycles. The van der Waals surface area contributed by atoms with E-state index in [1.807, 2.05) is 19.0 Å². The van der Waals surface area contributed by atoms with Gasteiger partial charge in [-0.15, -0.1) is 0 Å².